The standard InChI is InChI=1S/C14H16N4O7S/c19-12(9-4-2-1-3-5-9)15-16-13(20)11-7-6-10-8-17(11)14(21)18(10)25-26(22,23)24/h1-5,10-11H,6-8H2,(H,15,19)(H,16,20)(H,22,23,24)/t10-,11-/m1/s1. The number of hydrogen-bond acceptors (Lipinski definition) is 6. The van der Waals surface area contributed by atoms with Gasteiger partial charge in [0.2, 0.25) is 0 Å². The molecular formula is C14H16N4O7S. The minimum atomic E-state index is -4.85. The summed E-state index contributed by atoms with van der Waals surface area (Å²) in [7, 11) is -4.85. The first-order chi connectivity index (χ1) is 12.3. The van der Waals surface area contributed by atoms with Crippen LogP contribution in [0.1, 0.15) is 23.2 Å². The van der Waals surface area contributed by atoms with Gasteiger partial charge in [0, 0.05) is 12.1 Å². The van der Waals surface area contributed by atoms with Crippen molar-refractivity contribution in [3.63, 3.8) is 0 Å². The van der Waals surface area contributed by atoms with Crippen molar-refractivity contribution in [1.82, 2.24) is 20.8 Å². The minimum Gasteiger partial charge on any atom is -0.309 e. The van der Waals surface area contributed by atoms with Crippen LogP contribution in [0.3, 0.4) is 0 Å². The molecule has 0 radical (unpaired) electrons. The predicted octanol–water partition coefficient (Wildman–Crippen LogP) is -0.549. The molecule has 1 aromatic carbocycles. The number of fused-ring (bicyclic) bond motifs is 2. The molecule has 1 aromatic rings. The molecule has 2 bridgehead atoms. The lowest BCUT2D eigenvalue weighted by atomic mass is 10.0. The number of carbonyl (C=O) groups is 3. The topological polar surface area (TPSA) is 145 Å². The highest BCUT2D eigenvalue weighted by atomic mass is 32.3. The van der Waals surface area contributed by atoms with E-state index in [1.807, 2.05) is 0 Å². The highest BCUT2D eigenvalue weighted by molar-refractivity contribution is 7.80. The molecular weight excluding hydrogens is 368 g/mol. The first-order valence-corrected chi connectivity index (χ1v) is 9.05. The van der Waals surface area contributed by atoms with Crippen LogP contribution in [-0.2, 0) is 19.5 Å². The fraction of sp³-hybridized carbons (Fsp3) is 0.357. The largest absolute Gasteiger partial charge is 0.418 e. The van der Waals surface area contributed by atoms with E-state index in [0.29, 0.717) is 17.0 Å². The monoisotopic (exact) mass is 384 g/mol. The average Bonchev–Trinajstić information content (AvgIpc) is 2.84. The maximum atomic E-state index is 12.3. The number of nitrogens with zero attached hydrogens (tertiary/aromatic N) is 2. The Labute approximate surface area is 148 Å². The molecule has 12 heteroatoms. The second-order valence-electron chi connectivity index (χ2n) is 5.82. The van der Waals surface area contributed by atoms with Crippen molar-refractivity contribution in [2.45, 2.75) is 24.9 Å². The van der Waals surface area contributed by atoms with Crippen LogP contribution < -0.4 is 10.9 Å². The Kier molecular flexibility index (Phi) is 4.80. The Morgan fingerprint density at radius 3 is 2.50 bits per heavy atom. The van der Waals surface area contributed by atoms with Gasteiger partial charge in [-0.25, -0.2) is 4.79 Å². The summed E-state index contributed by atoms with van der Waals surface area (Å²) < 4.78 is 34.7. The summed E-state index contributed by atoms with van der Waals surface area (Å²) in [5, 5.41) is 0.547. The summed E-state index contributed by atoms with van der Waals surface area (Å²) in [4.78, 5) is 37.6. The molecule has 3 rings (SSSR count). The Morgan fingerprint density at radius 2 is 1.85 bits per heavy atom. The number of rotatable bonds is 4. The molecule has 0 saturated carbocycles. The molecule has 0 aliphatic carbocycles. The summed E-state index contributed by atoms with van der Waals surface area (Å²) in [5.74, 6) is -1.13. The molecule has 140 valence electrons. The Balaban J connectivity index is 1.61. The second-order valence-corrected chi connectivity index (χ2v) is 6.82. The lowest BCUT2D eigenvalue weighted by molar-refractivity contribution is -0.126. The normalized spacial score (nSPS) is 22.3. The highest BCUT2D eigenvalue weighted by Crippen LogP contribution is 2.30. The van der Waals surface area contributed by atoms with Crippen LogP contribution in [0.2, 0.25) is 0 Å². The van der Waals surface area contributed by atoms with Gasteiger partial charge < -0.3 is 4.90 Å². The van der Waals surface area contributed by atoms with Gasteiger partial charge in [-0.3, -0.25) is 25.0 Å². The second kappa shape index (κ2) is 6.90. The zero-order chi connectivity index (χ0) is 18.9. The SMILES string of the molecule is O=C(NNC(=O)[C@H]1CC[C@@H]2CN1C(=O)N2OS(=O)(=O)O)c1ccccc1. The quantitative estimate of drug-likeness (QED) is 0.466. The van der Waals surface area contributed by atoms with Crippen LogP contribution in [0, 0.1) is 0 Å². The van der Waals surface area contributed by atoms with E-state index in [4.69, 9.17) is 4.55 Å². The van der Waals surface area contributed by atoms with Crippen molar-refractivity contribution in [3.8, 4) is 0 Å². The number of carbonyl (C=O) groups excluding carboxylic acids is 3. The van der Waals surface area contributed by atoms with Gasteiger partial charge in [-0.2, -0.15) is 13.5 Å². The van der Waals surface area contributed by atoms with Crippen molar-refractivity contribution in [2.75, 3.05) is 6.54 Å². The number of piperidine rings is 1. The van der Waals surface area contributed by atoms with Gasteiger partial charge in [-0.05, 0) is 25.0 Å². The summed E-state index contributed by atoms with van der Waals surface area (Å²) in [6.07, 6.45) is 0.539. The van der Waals surface area contributed by atoms with Gasteiger partial charge in [0.25, 0.3) is 11.8 Å². The van der Waals surface area contributed by atoms with Crippen molar-refractivity contribution in [1.29, 1.82) is 0 Å². The fourth-order valence-corrected chi connectivity index (χ4v) is 3.36. The number of amides is 4. The van der Waals surface area contributed by atoms with Crippen LogP contribution >= 0.6 is 0 Å². The smallest absolute Gasteiger partial charge is 0.309 e. The molecule has 2 fully saturated rings. The zero-order valence-corrected chi connectivity index (χ0v) is 14.2. The van der Waals surface area contributed by atoms with Crippen LogP contribution in [0.15, 0.2) is 30.3 Å². The number of hydrogen-bond donors (Lipinski definition) is 3. The number of nitrogens with one attached hydrogen (secondary N) is 2. The number of benzene rings is 1. The molecule has 2 atom stereocenters. The van der Waals surface area contributed by atoms with E-state index >= 15 is 0 Å². The number of urea groups is 1. The predicted molar refractivity (Wildman–Crippen MR) is 85.4 cm³/mol. The average molecular weight is 384 g/mol. The minimum absolute atomic E-state index is 0.0685. The summed E-state index contributed by atoms with van der Waals surface area (Å²) in [5.41, 5.74) is 4.87. The van der Waals surface area contributed by atoms with E-state index in [-0.39, 0.29) is 13.0 Å². The summed E-state index contributed by atoms with van der Waals surface area (Å²) in [6, 6.07) is 5.89. The van der Waals surface area contributed by atoms with Crippen molar-refractivity contribution < 1.29 is 31.6 Å². The Morgan fingerprint density at radius 1 is 1.15 bits per heavy atom. The lowest BCUT2D eigenvalue weighted by Gasteiger charge is -2.29. The van der Waals surface area contributed by atoms with E-state index in [2.05, 4.69) is 15.1 Å². The van der Waals surface area contributed by atoms with E-state index in [0.717, 1.165) is 4.90 Å². The molecule has 2 heterocycles. The van der Waals surface area contributed by atoms with Crippen molar-refractivity contribution in [2.24, 2.45) is 0 Å². The Hall–Kier alpha value is -2.70. The van der Waals surface area contributed by atoms with E-state index in [1.54, 1.807) is 30.3 Å². The number of hydrazine groups is 1. The van der Waals surface area contributed by atoms with Gasteiger partial charge in [-0.15, -0.1) is 4.28 Å². The van der Waals surface area contributed by atoms with E-state index < -0.39 is 40.3 Å². The fourth-order valence-electron chi connectivity index (χ4n) is 2.97. The summed E-state index contributed by atoms with van der Waals surface area (Å²) >= 11 is 0. The number of hydroxylamine groups is 2. The van der Waals surface area contributed by atoms with Crippen LogP contribution in [0.25, 0.3) is 0 Å². The van der Waals surface area contributed by atoms with Gasteiger partial charge >= 0.3 is 16.4 Å². The van der Waals surface area contributed by atoms with Crippen molar-refractivity contribution >= 4 is 28.2 Å². The van der Waals surface area contributed by atoms with Crippen LogP contribution in [0.5, 0.6) is 0 Å². The molecule has 26 heavy (non-hydrogen) atoms. The molecule has 2 aliphatic heterocycles. The molecule has 11 nitrogen and oxygen atoms in total. The van der Waals surface area contributed by atoms with Gasteiger partial charge in [0.05, 0.1) is 6.04 Å². The van der Waals surface area contributed by atoms with Gasteiger partial charge in [-0.1, -0.05) is 18.2 Å². The van der Waals surface area contributed by atoms with Crippen LogP contribution in [-0.4, -0.2) is 59.4 Å². The molecule has 3 N–H and O–H groups in total. The molecule has 4 amide bonds. The van der Waals surface area contributed by atoms with Gasteiger partial charge in [0.1, 0.15) is 6.04 Å². The molecule has 2 saturated heterocycles. The molecule has 0 spiro atoms. The third-order valence-corrected chi connectivity index (χ3v) is 4.48. The van der Waals surface area contributed by atoms with E-state index in [9.17, 15) is 22.8 Å². The third-order valence-electron chi connectivity index (χ3n) is 4.14. The van der Waals surface area contributed by atoms with Gasteiger partial charge in [0.15, 0.2) is 0 Å². The first kappa shape index (κ1) is 18.1. The highest BCUT2D eigenvalue weighted by Gasteiger charge is 2.49. The Bertz CT molecular complexity index is 829. The first-order valence-electron chi connectivity index (χ1n) is 7.68. The maximum absolute atomic E-state index is 12.3. The summed E-state index contributed by atoms with van der Waals surface area (Å²) in [6.45, 7) is 0.0685. The molecule has 0 aromatic heterocycles. The molecule has 0 unspecified atom stereocenters. The van der Waals surface area contributed by atoms with Crippen LogP contribution in [0.4, 0.5) is 4.79 Å². The maximum Gasteiger partial charge on any atom is 0.418 e. The third kappa shape index (κ3) is 3.76. The van der Waals surface area contributed by atoms with Crippen molar-refractivity contribution in [3.05, 3.63) is 35.9 Å². The lowest BCUT2D eigenvalue weighted by Crippen LogP contribution is -2.54. The van der Waals surface area contributed by atoms with E-state index in [1.165, 1.54) is 0 Å². The zero-order valence-electron chi connectivity index (χ0n) is 13.4. The molecule has 2 aliphatic rings.